The van der Waals surface area contributed by atoms with Crippen molar-refractivity contribution in [1.29, 1.82) is 0 Å². The van der Waals surface area contributed by atoms with Crippen LogP contribution in [0.4, 0.5) is 0 Å². The molecule has 4 heteroatoms. The van der Waals surface area contributed by atoms with Crippen LogP contribution >= 0.6 is 0 Å². The van der Waals surface area contributed by atoms with Crippen molar-refractivity contribution in [2.24, 2.45) is 0 Å². The highest BCUT2D eigenvalue weighted by Crippen LogP contribution is 2.41. The fraction of sp³-hybridized carbons (Fsp3) is 0.545. The van der Waals surface area contributed by atoms with Crippen molar-refractivity contribution in [3.05, 3.63) is 53.3 Å². The second-order valence-corrected chi connectivity index (χ2v) is 9.05. The van der Waals surface area contributed by atoms with Crippen LogP contribution in [-0.2, 0) is 5.41 Å². The summed E-state index contributed by atoms with van der Waals surface area (Å²) in [6.07, 6.45) is 8.33. The molecule has 0 saturated carbocycles. The van der Waals surface area contributed by atoms with E-state index in [0.29, 0.717) is 18.1 Å². The molecule has 0 spiro atoms. The summed E-state index contributed by atoms with van der Waals surface area (Å²) in [6.45, 7) is 8.68. The zero-order valence-corrected chi connectivity index (χ0v) is 16.3. The third-order valence-corrected chi connectivity index (χ3v) is 6.05. The molecule has 0 aliphatic carbocycles. The van der Waals surface area contributed by atoms with Gasteiger partial charge in [-0.25, -0.2) is 0 Å². The van der Waals surface area contributed by atoms with Gasteiger partial charge >= 0.3 is 0 Å². The molecular formula is C22H29N3O. The molecule has 1 amide bonds. The minimum Gasteiger partial charge on any atom is -0.333 e. The quantitative estimate of drug-likeness (QED) is 0.799. The van der Waals surface area contributed by atoms with Crippen LogP contribution in [0.25, 0.3) is 0 Å². The molecular weight excluding hydrogens is 322 g/mol. The van der Waals surface area contributed by atoms with Crippen molar-refractivity contribution in [2.75, 3.05) is 0 Å². The van der Waals surface area contributed by atoms with Gasteiger partial charge < -0.3 is 4.90 Å². The normalized spacial score (nSPS) is 25.5. The minimum atomic E-state index is 0.112. The van der Waals surface area contributed by atoms with Crippen LogP contribution < -0.4 is 0 Å². The number of hydrogen-bond donors (Lipinski definition) is 0. The number of hydrogen-bond acceptors (Lipinski definition) is 2. The Labute approximate surface area is 156 Å². The number of nitrogens with zero attached hydrogens (tertiary/aromatic N) is 3. The third kappa shape index (κ3) is 3.06. The van der Waals surface area contributed by atoms with Gasteiger partial charge in [0.05, 0.1) is 12.2 Å². The van der Waals surface area contributed by atoms with Crippen LogP contribution in [0, 0.1) is 6.92 Å². The van der Waals surface area contributed by atoms with Gasteiger partial charge in [-0.3, -0.25) is 9.48 Å². The molecule has 1 aromatic carbocycles. The second-order valence-electron chi connectivity index (χ2n) is 9.05. The Hall–Kier alpha value is -2.10. The van der Waals surface area contributed by atoms with Crippen LogP contribution in [-0.4, -0.2) is 32.7 Å². The van der Waals surface area contributed by atoms with E-state index in [0.717, 1.165) is 31.2 Å². The lowest BCUT2D eigenvalue weighted by Crippen LogP contribution is -2.47. The van der Waals surface area contributed by atoms with Gasteiger partial charge in [-0.15, -0.1) is 0 Å². The molecule has 0 radical (unpaired) electrons. The molecule has 2 atom stereocenters. The standard InChI is InChI=1S/C22H29N3O/c1-15-13-23-24(14-15)20-11-18-9-10-19(12-20)25(18)21(26)16-5-7-17(8-6-16)22(2,3)4/h5-8,13-14,18-20H,9-12H2,1-4H3. The summed E-state index contributed by atoms with van der Waals surface area (Å²) in [6, 6.07) is 9.34. The lowest BCUT2D eigenvalue weighted by Gasteiger charge is -2.39. The lowest BCUT2D eigenvalue weighted by molar-refractivity contribution is 0.0524. The van der Waals surface area contributed by atoms with Crippen molar-refractivity contribution in [3.63, 3.8) is 0 Å². The maximum atomic E-state index is 13.2. The Morgan fingerprint density at radius 1 is 1.04 bits per heavy atom. The number of rotatable bonds is 2. The smallest absolute Gasteiger partial charge is 0.254 e. The van der Waals surface area contributed by atoms with Crippen molar-refractivity contribution in [2.45, 2.75) is 76.9 Å². The average Bonchev–Trinajstić information content (AvgIpc) is 3.14. The Kier molecular flexibility index (Phi) is 4.17. The van der Waals surface area contributed by atoms with Crippen LogP contribution in [0.15, 0.2) is 36.7 Å². The summed E-state index contributed by atoms with van der Waals surface area (Å²) in [5, 5.41) is 4.51. The van der Waals surface area contributed by atoms with Gasteiger partial charge in [0.1, 0.15) is 0 Å². The van der Waals surface area contributed by atoms with Crippen molar-refractivity contribution < 1.29 is 4.79 Å². The van der Waals surface area contributed by atoms with E-state index >= 15 is 0 Å². The maximum Gasteiger partial charge on any atom is 0.254 e. The first-order valence-corrected chi connectivity index (χ1v) is 9.77. The third-order valence-electron chi connectivity index (χ3n) is 6.05. The number of piperidine rings is 1. The summed E-state index contributed by atoms with van der Waals surface area (Å²) in [5.74, 6) is 0.202. The largest absolute Gasteiger partial charge is 0.333 e. The summed E-state index contributed by atoms with van der Waals surface area (Å²) < 4.78 is 2.11. The van der Waals surface area contributed by atoms with Crippen molar-refractivity contribution >= 4 is 5.91 Å². The summed E-state index contributed by atoms with van der Waals surface area (Å²) in [7, 11) is 0. The Morgan fingerprint density at radius 2 is 1.65 bits per heavy atom. The van der Waals surface area contributed by atoms with E-state index in [-0.39, 0.29) is 11.3 Å². The molecule has 2 aliphatic heterocycles. The van der Waals surface area contributed by atoms with E-state index in [1.54, 1.807) is 0 Å². The number of benzene rings is 1. The number of aryl methyl sites for hydroxylation is 1. The van der Waals surface area contributed by atoms with Crippen LogP contribution in [0.2, 0.25) is 0 Å². The molecule has 2 aliphatic rings. The molecule has 2 unspecified atom stereocenters. The predicted molar refractivity (Wildman–Crippen MR) is 103 cm³/mol. The first-order valence-electron chi connectivity index (χ1n) is 9.77. The predicted octanol–water partition coefficient (Wildman–Crippen LogP) is 4.50. The zero-order valence-electron chi connectivity index (χ0n) is 16.3. The molecule has 2 bridgehead atoms. The van der Waals surface area contributed by atoms with Gasteiger partial charge in [0.2, 0.25) is 0 Å². The second kappa shape index (κ2) is 6.26. The highest BCUT2D eigenvalue weighted by molar-refractivity contribution is 5.95. The summed E-state index contributed by atoms with van der Waals surface area (Å²) in [4.78, 5) is 15.3. The molecule has 0 N–H and O–H groups in total. The summed E-state index contributed by atoms with van der Waals surface area (Å²) in [5.41, 5.74) is 3.41. The molecule has 1 aromatic heterocycles. The van der Waals surface area contributed by atoms with E-state index in [4.69, 9.17) is 0 Å². The highest BCUT2D eigenvalue weighted by atomic mass is 16.2. The van der Waals surface area contributed by atoms with E-state index in [1.807, 2.05) is 18.3 Å². The SMILES string of the molecule is Cc1cnn(C2CC3CCC(C2)N3C(=O)c2ccc(C(C)(C)C)cc2)c1. The van der Waals surface area contributed by atoms with Gasteiger partial charge in [0.15, 0.2) is 0 Å². The minimum absolute atomic E-state index is 0.112. The molecule has 2 saturated heterocycles. The van der Waals surface area contributed by atoms with Crippen LogP contribution in [0.3, 0.4) is 0 Å². The molecule has 3 heterocycles. The zero-order chi connectivity index (χ0) is 18.5. The molecule has 4 nitrogen and oxygen atoms in total. The van der Waals surface area contributed by atoms with E-state index in [2.05, 4.69) is 60.7 Å². The molecule has 138 valence electrons. The van der Waals surface area contributed by atoms with Gasteiger partial charge in [-0.1, -0.05) is 32.9 Å². The fourth-order valence-electron chi connectivity index (χ4n) is 4.59. The van der Waals surface area contributed by atoms with Crippen molar-refractivity contribution in [1.82, 2.24) is 14.7 Å². The Bertz CT molecular complexity index is 786. The van der Waals surface area contributed by atoms with Gasteiger partial charge in [-0.2, -0.15) is 5.10 Å². The topological polar surface area (TPSA) is 38.1 Å². The number of amides is 1. The summed E-state index contributed by atoms with van der Waals surface area (Å²) >= 11 is 0. The Morgan fingerprint density at radius 3 is 2.15 bits per heavy atom. The van der Waals surface area contributed by atoms with Gasteiger partial charge in [0.25, 0.3) is 5.91 Å². The van der Waals surface area contributed by atoms with Crippen molar-refractivity contribution in [3.8, 4) is 0 Å². The first-order chi connectivity index (χ1) is 12.3. The van der Waals surface area contributed by atoms with Gasteiger partial charge in [-0.05, 0) is 61.3 Å². The fourth-order valence-corrected chi connectivity index (χ4v) is 4.59. The van der Waals surface area contributed by atoms with Crippen LogP contribution in [0.1, 0.15) is 74.0 Å². The van der Waals surface area contributed by atoms with Gasteiger partial charge in [0, 0.05) is 23.8 Å². The van der Waals surface area contributed by atoms with Crippen LogP contribution in [0.5, 0.6) is 0 Å². The number of aromatic nitrogens is 2. The van der Waals surface area contributed by atoms with E-state index in [9.17, 15) is 4.79 Å². The lowest BCUT2D eigenvalue weighted by atomic mass is 9.86. The number of carbonyl (C=O) groups excluding carboxylic acids is 1. The maximum absolute atomic E-state index is 13.2. The Balaban J connectivity index is 1.51. The molecule has 2 aromatic rings. The molecule has 2 fully saturated rings. The average molecular weight is 351 g/mol. The monoisotopic (exact) mass is 351 g/mol. The number of carbonyl (C=O) groups is 1. The first kappa shape index (κ1) is 17.3. The van der Waals surface area contributed by atoms with E-state index in [1.165, 1.54) is 11.1 Å². The molecule has 4 rings (SSSR count). The molecule has 26 heavy (non-hydrogen) atoms. The van der Waals surface area contributed by atoms with E-state index < -0.39 is 0 Å². The number of fused-ring (bicyclic) bond motifs is 2. The highest BCUT2D eigenvalue weighted by Gasteiger charge is 2.44.